The highest BCUT2D eigenvalue weighted by Crippen LogP contribution is 2.38. The van der Waals surface area contributed by atoms with Crippen molar-refractivity contribution in [1.29, 1.82) is 0 Å². The summed E-state index contributed by atoms with van der Waals surface area (Å²) in [6, 6.07) is 0. The summed E-state index contributed by atoms with van der Waals surface area (Å²) in [7, 11) is -4.93. The van der Waals surface area contributed by atoms with Gasteiger partial charge in [-0.15, -0.1) is 0 Å². The van der Waals surface area contributed by atoms with Crippen LogP contribution in [-0.2, 0) is 13.9 Å². The first-order valence-electron chi connectivity index (χ1n) is 9.37. The van der Waals surface area contributed by atoms with Crippen LogP contribution in [0.5, 0.6) is 0 Å². The summed E-state index contributed by atoms with van der Waals surface area (Å²) in [4.78, 5) is 82.6. The van der Waals surface area contributed by atoms with Crippen LogP contribution in [0.1, 0.15) is 0 Å². The first kappa shape index (κ1) is 28.2. The van der Waals surface area contributed by atoms with E-state index in [2.05, 4.69) is 44.4 Å². The van der Waals surface area contributed by atoms with Gasteiger partial charge >= 0.3 is 13.5 Å². The minimum atomic E-state index is -4.93. The molecule has 0 aliphatic carbocycles. The minimum absolute atomic E-state index is 0.0783. The van der Waals surface area contributed by atoms with E-state index in [9.17, 15) is 23.7 Å². The SMILES string of the molecule is Nc1nc2nc[nH]c2c(=O)[nH]1.O=C[C@H](OP(=O)(O)O)[C@H](O)[C@H](O)CO.O=c1[nH]c(=O)c2[nH]cnc2[nH]1. The third-order valence-electron chi connectivity index (χ3n) is 3.95. The second-order valence-corrected chi connectivity index (χ2v) is 7.72. The molecule has 0 amide bonds. The third kappa shape index (κ3) is 7.74. The Labute approximate surface area is 196 Å². The number of aromatic nitrogens is 8. The lowest BCUT2D eigenvalue weighted by Gasteiger charge is -2.21. The molecule has 20 nitrogen and oxygen atoms in total. The fourth-order valence-electron chi connectivity index (χ4n) is 2.38. The molecule has 3 atom stereocenters. The number of nitrogen functional groups attached to an aromatic ring is 1. The van der Waals surface area contributed by atoms with Gasteiger partial charge in [0.15, 0.2) is 29.2 Å². The lowest BCUT2D eigenvalue weighted by molar-refractivity contribution is -0.126. The van der Waals surface area contributed by atoms with Crippen LogP contribution in [0.15, 0.2) is 27.0 Å². The molecule has 12 N–H and O–H groups in total. The number of aromatic amines is 5. The van der Waals surface area contributed by atoms with Gasteiger partial charge in [0.1, 0.15) is 17.7 Å². The zero-order valence-corrected chi connectivity index (χ0v) is 18.6. The molecule has 4 heterocycles. The summed E-state index contributed by atoms with van der Waals surface area (Å²) >= 11 is 0. The van der Waals surface area contributed by atoms with Crippen LogP contribution in [0.3, 0.4) is 0 Å². The van der Waals surface area contributed by atoms with Gasteiger partial charge in [-0.1, -0.05) is 0 Å². The van der Waals surface area contributed by atoms with Gasteiger partial charge in [0.25, 0.3) is 11.1 Å². The number of nitrogens with zero attached hydrogens (tertiary/aromatic N) is 3. The second kappa shape index (κ2) is 12.1. The predicted octanol–water partition coefficient (Wildman–Crippen LogP) is -4.45. The van der Waals surface area contributed by atoms with Gasteiger partial charge < -0.3 is 45.6 Å². The van der Waals surface area contributed by atoms with Crippen LogP contribution in [0.2, 0.25) is 0 Å². The maximum atomic E-state index is 11.0. The molecule has 0 spiro atoms. The zero-order chi connectivity index (χ0) is 27.0. The molecular formula is C15H20N9O11P. The van der Waals surface area contributed by atoms with Crippen LogP contribution in [0, 0.1) is 0 Å². The van der Waals surface area contributed by atoms with E-state index in [0.29, 0.717) is 11.2 Å². The summed E-state index contributed by atoms with van der Waals surface area (Å²) in [5.74, 6) is 0.0783. The maximum Gasteiger partial charge on any atom is 0.470 e. The lowest BCUT2D eigenvalue weighted by Crippen LogP contribution is -2.41. The van der Waals surface area contributed by atoms with Gasteiger partial charge in [0, 0.05) is 0 Å². The number of aliphatic hydroxyl groups is 3. The van der Waals surface area contributed by atoms with Gasteiger partial charge in [-0.2, -0.15) is 4.98 Å². The molecular weight excluding hydrogens is 513 g/mol. The molecule has 0 aromatic carbocycles. The van der Waals surface area contributed by atoms with Gasteiger partial charge in [-0.3, -0.25) is 29.1 Å². The molecule has 0 fully saturated rings. The van der Waals surface area contributed by atoms with Crippen molar-refractivity contribution in [2.75, 3.05) is 12.3 Å². The van der Waals surface area contributed by atoms with E-state index < -0.39 is 44.0 Å². The minimum Gasteiger partial charge on any atom is -0.394 e. The van der Waals surface area contributed by atoms with Crippen molar-refractivity contribution in [2.24, 2.45) is 0 Å². The van der Waals surface area contributed by atoms with Gasteiger partial charge in [0.2, 0.25) is 5.95 Å². The fraction of sp³-hybridized carbons (Fsp3) is 0.267. The number of nitrogens with two attached hydrogens (primary N) is 1. The average Bonchev–Trinajstić information content (AvgIpc) is 3.46. The highest BCUT2D eigenvalue weighted by Gasteiger charge is 2.32. The number of hydrogen-bond donors (Lipinski definition) is 11. The maximum absolute atomic E-state index is 11.0. The number of carbonyl (C=O) groups excluding carboxylic acids is 1. The zero-order valence-electron chi connectivity index (χ0n) is 17.7. The molecule has 4 rings (SSSR count). The quantitative estimate of drug-likeness (QED) is 0.0822. The Bertz CT molecular complexity index is 1520. The third-order valence-corrected chi connectivity index (χ3v) is 4.47. The van der Waals surface area contributed by atoms with Crippen molar-refractivity contribution in [3.05, 3.63) is 43.8 Å². The summed E-state index contributed by atoms with van der Waals surface area (Å²) < 4.78 is 14.1. The Kier molecular flexibility index (Phi) is 9.46. The number of imidazole rings is 2. The number of aldehydes is 1. The van der Waals surface area contributed by atoms with E-state index in [1.54, 1.807) is 0 Å². The highest BCUT2D eigenvalue weighted by atomic mass is 31.2. The van der Waals surface area contributed by atoms with Crippen LogP contribution in [-0.4, -0.2) is 96.2 Å². The summed E-state index contributed by atoms with van der Waals surface area (Å²) in [5, 5.41) is 26.2. The summed E-state index contributed by atoms with van der Waals surface area (Å²) in [6.45, 7) is -0.865. The van der Waals surface area contributed by atoms with Crippen molar-refractivity contribution < 1.29 is 39.0 Å². The number of nitrogens with one attached hydrogen (secondary N) is 5. The fourth-order valence-corrected chi connectivity index (χ4v) is 2.87. The van der Waals surface area contributed by atoms with Crippen LogP contribution in [0.4, 0.5) is 5.95 Å². The highest BCUT2D eigenvalue weighted by molar-refractivity contribution is 7.46. The molecule has 0 saturated carbocycles. The largest absolute Gasteiger partial charge is 0.470 e. The number of rotatable bonds is 6. The Morgan fingerprint density at radius 3 is 2.25 bits per heavy atom. The number of hydrogen-bond acceptors (Lipinski definition) is 13. The average molecular weight is 533 g/mol. The number of anilines is 1. The van der Waals surface area contributed by atoms with Crippen molar-refractivity contribution in [1.82, 2.24) is 39.9 Å². The van der Waals surface area contributed by atoms with E-state index in [0.717, 1.165) is 0 Å². The van der Waals surface area contributed by atoms with E-state index in [1.165, 1.54) is 12.7 Å². The number of aliphatic hydroxyl groups excluding tert-OH is 3. The molecule has 0 saturated heterocycles. The lowest BCUT2D eigenvalue weighted by atomic mass is 10.1. The van der Waals surface area contributed by atoms with Crippen molar-refractivity contribution in [3.8, 4) is 0 Å². The van der Waals surface area contributed by atoms with Gasteiger partial charge in [0.05, 0.1) is 19.3 Å². The molecule has 0 radical (unpaired) electrons. The Hall–Kier alpha value is -4.04. The molecule has 196 valence electrons. The van der Waals surface area contributed by atoms with E-state index >= 15 is 0 Å². The summed E-state index contributed by atoms with van der Waals surface area (Å²) in [5.41, 5.74) is 5.20. The number of H-pyrrole nitrogens is 5. The number of phosphoric acid groups is 1. The molecule has 0 unspecified atom stereocenters. The Morgan fingerprint density at radius 1 is 1.03 bits per heavy atom. The smallest absolute Gasteiger partial charge is 0.394 e. The molecule has 36 heavy (non-hydrogen) atoms. The topological polar surface area (TPSA) is 339 Å². The first-order chi connectivity index (χ1) is 16.9. The molecule has 21 heteroatoms. The predicted molar refractivity (Wildman–Crippen MR) is 118 cm³/mol. The van der Waals surface area contributed by atoms with E-state index in [4.69, 9.17) is 30.8 Å². The molecule has 4 aromatic heterocycles. The monoisotopic (exact) mass is 533 g/mol. The number of fused-ring (bicyclic) bond motifs is 2. The normalized spacial score (nSPS) is 13.7. The summed E-state index contributed by atoms with van der Waals surface area (Å²) in [6.07, 6.45) is -2.84. The van der Waals surface area contributed by atoms with E-state index in [1.807, 2.05) is 0 Å². The number of carbonyl (C=O) groups is 1. The Balaban J connectivity index is 0.000000191. The Morgan fingerprint density at radius 2 is 1.64 bits per heavy atom. The first-order valence-corrected chi connectivity index (χ1v) is 10.9. The number of phosphoric ester groups is 1. The standard InChI is InChI=1S/C5H5N5O.C5H4N4O2.C5H11O8P/c6-5-9-3-2(4(11)10-5)7-1-8-3;10-4-2-3(7-1-6-2)8-5(11)9-4;6-1-3(8)5(9)4(2-7)13-14(10,11)12/h1H,(H4,6,7,8,9,10,11);1H,(H3,6,7,8,9,10,11);2-6,8-9H,1H2,(H2,10,11,12)/t;;3-,4+,5-/m..1/s1. The molecule has 4 aromatic rings. The van der Waals surface area contributed by atoms with Crippen molar-refractivity contribution in [2.45, 2.75) is 18.3 Å². The van der Waals surface area contributed by atoms with Gasteiger partial charge in [-0.25, -0.2) is 19.3 Å². The molecule has 0 aliphatic rings. The van der Waals surface area contributed by atoms with Crippen LogP contribution >= 0.6 is 7.82 Å². The van der Waals surface area contributed by atoms with Crippen LogP contribution in [0.25, 0.3) is 22.3 Å². The molecule has 0 bridgehead atoms. The molecule has 0 aliphatic heterocycles. The van der Waals surface area contributed by atoms with Crippen molar-refractivity contribution >= 4 is 42.4 Å². The van der Waals surface area contributed by atoms with E-state index in [-0.39, 0.29) is 29.0 Å². The van der Waals surface area contributed by atoms with Crippen LogP contribution < -0.4 is 22.5 Å². The van der Waals surface area contributed by atoms with Gasteiger partial charge in [-0.05, 0) is 0 Å². The second-order valence-electron chi connectivity index (χ2n) is 6.52. The van der Waals surface area contributed by atoms with Crippen molar-refractivity contribution in [3.63, 3.8) is 0 Å².